The van der Waals surface area contributed by atoms with E-state index in [1.807, 2.05) is 0 Å². The maximum Gasteiger partial charge on any atom is 0.334 e. The van der Waals surface area contributed by atoms with Crippen molar-refractivity contribution in [3.63, 3.8) is 0 Å². The van der Waals surface area contributed by atoms with E-state index in [0.717, 1.165) is 11.3 Å². The minimum atomic E-state index is -4.54. The summed E-state index contributed by atoms with van der Waals surface area (Å²) < 4.78 is 21.8. The van der Waals surface area contributed by atoms with Crippen LogP contribution in [0, 0.1) is 0 Å². The van der Waals surface area contributed by atoms with Crippen LogP contribution in [0.4, 0.5) is 0 Å². The molecule has 1 rings (SSSR count). The molecule has 1 aromatic heterocycles. The molecule has 0 aliphatic rings. The first kappa shape index (κ1) is 13.1. The lowest BCUT2D eigenvalue weighted by Gasteiger charge is -2.17. The first-order valence-corrected chi connectivity index (χ1v) is 8.19. The van der Waals surface area contributed by atoms with Crippen molar-refractivity contribution in [2.75, 3.05) is 6.16 Å². The maximum absolute atomic E-state index is 11.1. The molecule has 0 saturated carbocycles. The quantitative estimate of drug-likeness (QED) is 0.611. The third kappa shape index (κ3) is 4.17. The molecular weight excluding hydrogens is 262 g/mol. The largest absolute Gasteiger partial charge is 0.334 e. The first-order chi connectivity index (χ1) is 6.70. The molecule has 0 aliphatic heterocycles. The van der Waals surface area contributed by atoms with Crippen LogP contribution in [0.1, 0.15) is 10.5 Å². The van der Waals surface area contributed by atoms with Crippen molar-refractivity contribution in [2.24, 2.45) is 0 Å². The third-order valence-corrected chi connectivity index (χ3v) is 5.25. The summed E-state index contributed by atoms with van der Waals surface area (Å²) in [5.74, 6) is 0. The summed E-state index contributed by atoms with van der Waals surface area (Å²) in [6.45, 7) is 0. The Morgan fingerprint density at radius 2 is 1.87 bits per heavy atom. The van der Waals surface area contributed by atoms with Crippen LogP contribution in [0.2, 0.25) is 0 Å². The molecule has 1 heterocycles. The van der Waals surface area contributed by atoms with E-state index in [4.69, 9.17) is 19.6 Å². The molecule has 0 amide bonds. The Hall–Kier alpha value is -0.0000000000000000971. The second-order valence-electron chi connectivity index (χ2n) is 2.97. The fourth-order valence-corrected chi connectivity index (χ4v) is 5.05. The lowest BCUT2D eigenvalue weighted by molar-refractivity contribution is 0.347. The summed E-state index contributed by atoms with van der Waals surface area (Å²) in [6, 6.07) is 3.02. The fraction of sp³-hybridized carbons (Fsp3) is 0.333. The van der Waals surface area contributed by atoms with E-state index >= 15 is 0 Å². The molecule has 0 radical (unpaired) electrons. The molecule has 1 aromatic rings. The van der Waals surface area contributed by atoms with E-state index in [2.05, 4.69) is 0 Å². The van der Waals surface area contributed by atoms with Gasteiger partial charge in [0.25, 0.3) is 0 Å². The molecule has 4 N–H and O–H groups in total. The number of thiophene rings is 1. The van der Waals surface area contributed by atoms with E-state index in [-0.39, 0.29) is 4.88 Å². The van der Waals surface area contributed by atoms with E-state index in [1.54, 1.807) is 11.4 Å². The van der Waals surface area contributed by atoms with Crippen LogP contribution in [-0.2, 0) is 9.13 Å². The maximum atomic E-state index is 11.1. The summed E-state index contributed by atoms with van der Waals surface area (Å²) in [5.41, 5.74) is -1.42. The summed E-state index contributed by atoms with van der Waals surface area (Å²) in [4.78, 5) is 35.7. The molecule has 0 bridgehead atoms. The second-order valence-corrected chi connectivity index (χ2v) is 7.44. The Balaban J connectivity index is 3.01. The highest BCUT2D eigenvalue weighted by Crippen LogP contribution is 2.58. The highest BCUT2D eigenvalue weighted by atomic mass is 32.1. The summed E-state index contributed by atoms with van der Waals surface area (Å²) >= 11 is 1.06. The van der Waals surface area contributed by atoms with Crippen LogP contribution >= 0.6 is 26.5 Å². The topological polar surface area (TPSA) is 115 Å². The van der Waals surface area contributed by atoms with Crippen molar-refractivity contribution in [3.8, 4) is 0 Å². The molecule has 0 saturated heterocycles. The van der Waals surface area contributed by atoms with Crippen molar-refractivity contribution in [1.29, 1.82) is 0 Å². The average Bonchev–Trinajstić information content (AvgIpc) is 2.47. The summed E-state index contributed by atoms with van der Waals surface area (Å²) in [6.07, 6.45) is -0.836. The standard InChI is InChI=1S/C6H10O6P2S/c7-13(8,9)4-5(14(10,11)12)6-2-1-3-15-6/h1-3,5H,4H2,(H2,7,8,9)(H2,10,11,12). The minimum Gasteiger partial charge on any atom is -0.324 e. The van der Waals surface area contributed by atoms with Crippen LogP contribution < -0.4 is 0 Å². The predicted octanol–water partition coefficient (Wildman–Crippen LogP) is 1.14. The van der Waals surface area contributed by atoms with Crippen LogP contribution in [0.3, 0.4) is 0 Å². The minimum absolute atomic E-state index is 0.284. The number of hydrogen-bond acceptors (Lipinski definition) is 3. The van der Waals surface area contributed by atoms with Crippen LogP contribution in [0.15, 0.2) is 17.5 Å². The van der Waals surface area contributed by atoms with Crippen LogP contribution in [-0.4, -0.2) is 25.7 Å². The Labute approximate surface area is 89.9 Å². The van der Waals surface area contributed by atoms with Crippen molar-refractivity contribution in [1.82, 2.24) is 0 Å². The highest BCUT2D eigenvalue weighted by molar-refractivity contribution is 7.56. The Morgan fingerprint density at radius 3 is 2.20 bits per heavy atom. The van der Waals surface area contributed by atoms with Gasteiger partial charge < -0.3 is 19.6 Å². The van der Waals surface area contributed by atoms with Gasteiger partial charge in [-0.15, -0.1) is 11.3 Å². The molecular formula is C6H10O6P2S. The van der Waals surface area contributed by atoms with Gasteiger partial charge in [-0.2, -0.15) is 0 Å². The molecule has 1 atom stereocenters. The highest BCUT2D eigenvalue weighted by Gasteiger charge is 2.36. The smallest absolute Gasteiger partial charge is 0.324 e. The third-order valence-electron chi connectivity index (χ3n) is 1.69. The molecule has 15 heavy (non-hydrogen) atoms. The Morgan fingerprint density at radius 1 is 1.27 bits per heavy atom. The molecule has 0 fully saturated rings. The van der Waals surface area contributed by atoms with Crippen molar-refractivity contribution in [2.45, 2.75) is 5.66 Å². The molecule has 6 nitrogen and oxygen atoms in total. The average molecular weight is 272 g/mol. The summed E-state index contributed by atoms with van der Waals surface area (Å²) in [7, 11) is -8.99. The molecule has 0 spiro atoms. The fourth-order valence-electron chi connectivity index (χ4n) is 1.07. The Bertz CT molecular complexity index is 403. The lowest BCUT2D eigenvalue weighted by atomic mass is 10.4. The Kier molecular flexibility index (Phi) is 3.90. The van der Waals surface area contributed by atoms with Crippen molar-refractivity contribution < 1.29 is 28.7 Å². The van der Waals surface area contributed by atoms with Gasteiger partial charge in [0.2, 0.25) is 0 Å². The SMILES string of the molecule is O=P(O)(O)CC(c1cccs1)P(=O)(O)O. The van der Waals surface area contributed by atoms with E-state index in [0.29, 0.717) is 0 Å². The predicted molar refractivity (Wildman–Crippen MR) is 56.0 cm³/mol. The zero-order valence-corrected chi connectivity index (χ0v) is 10.0. The molecule has 1 unspecified atom stereocenters. The molecule has 0 aliphatic carbocycles. The van der Waals surface area contributed by atoms with Gasteiger partial charge in [-0.05, 0) is 11.4 Å². The van der Waals surface area contributed by atoms with Gasteiger partial charge in [0.1, 0.15) is 5.66 Å². The second kappa shape index (κ2) is 4.47. The number of rotatable bonds is 4. The van der Waals surface area contributed by atoms with Crippen LogP contribution in [0.5, 0.6) is 0 Å². The van der Waals surface area contributed by atoms with Crippen molar-refractivity contribution >= 4 is 26.5 Å². The van der Waals surface area contributed by atoms with Gasteiger partial charge in [-0.25, -0.2) is 0 Å². The van der Waals surface area contributed by atoms with Gasteiger partial charge in [-0.3, -0.25) is 9.13 Å². The normalized spacial score (nSPS) is 15.2. The van der Waals surface area contributed by atoms with E-state index in [9.17, 15) is 9.13 Å². The van der Waals surface area contributed by atoms with Gasteiger partial charge >= 0.3 is 15.2 Å². The number of hydrogen-bond donors (Lipinski definition) is 4. The van der Waals surface area contributed by atoms with E-state index < -0.39 is 27.0 Å². The monoisotopic (exact) mass is 272 g/mol. The van der Waals surface area contributed by atoms with E-state index in [1.165, 1.54) is 6.07 Å². The first-order valence-electron chi connectivity index (χ1n) is 3.83. The molecule has 9 heteroatoms. The summed E-state index contributed by atoms with van der Waals surface area (Å²) in [5, 5.41) is 1.59. The van der Waals surface area contributed by atoms with Gasteiger partial charge in [-0.1, -0.05) is 6.07 Å². The van der Waals surface area contributed by atoms with Crippen molar-refractivity contribution in [3.05, 3.63) is 22.4 Å². The lowest BCUT2D eigenvalue weighted by Crippen LogP contribution is -2.04. The van der Waals surface area contributed by atoms with Gasteiger partial charge in [0.05, 0.1) is 6.16 Å². The molecule has 86 valence electrons. The van der Waals surface area contributed by atoms with Gasteiger partial charge in [0.15, 0.2) is 0 Å². The zero-order valence-electron chi connectivity index (χ0n) is 7.42. The van der Waals surface area contributed by atoms with Crippen LogP contribution in [0.25, 0.3) is 0 Å². The molecule has 0 aromatic carbocycles. The van der Waals surface area contributed by atoms with Gasteiger partial charge in [0, 0.05) is 4.88 Å². The zero-order chi connectivity index (χ0) is 11.7.